The van der Waals surface area contributed by atoms with Gasteiger partial charge in [-0.3, -0.25) is 0 Å². The van der Waals surface area contributed by atoms with E-state index in [1.54, 1.807) is 0 Å². The minimum Gasteiger partial charge on any atom is -0.330 e. The van der Waals surface area contributed by atoms with Gasteiger partial charge in [-0.1, -0.05) is 35.3 Å². The van der Waals surface area contributed by atoms with Crippen molar-refractivity contribution >= 4 is 27.7 Å². The Hall–Kier alpha value is 0.01000. The molecule has 1 aromatic carbocycles. The molecule has 0 atom stereocenters. The molecule has 15 heavy (non-hydrogen) atoms. The molecule has 0 bridgehead atoms. The van der Waals surface area contributed by atoms with Crippen LogP contribution < -0.4 is 5.73 Å². The number of unbranched alkanes of at least 4 members (excludes halogenated alkanes) is 1. The standard InChI is InChI=1S/C12H18BrNS/c1-2-3-8-15-11-5-4-10(6-7-14)12(13)9-11/h4-5,9H,2-3,6-8,14H2,1H3. The highest BCUT2D eigenvalue weighted by atomic mass is 79.9. The second-order valence-electron chi connectivity index (χ2n) is 3.49. The van der Waals surface area contributed by atoms with Crippen molar-refractivity contribution in [1.82, 2.24) is 0 Å². The van der Waals surface area contributed by atoms with E-state index < -0.39 is 0 Å². The van der Waals surface area contributed by atoms with E-state index in [1.165, 1.54) is 33.5 Å². The predicted octanol–water partition coefficient (Wildman–Crippen LogP) is 3.84. The Morgan fingerprint density at radius 2 is 2.20 bits per heavy atom. The van der Waals surface area contributed by atoms with Gasteiger partial charge in [-0.25, -0.2) is 0 Å². The zero-order chi connectivity index (χ0) is 11.1. The molecule has 0 spiro atoms. The maximum atomic E-state index is 5.54. The number of hydrogen-bond acceptors (Lipinski definition) is 2. The molecule has 0 radical (unpaired) electrons. The van der Waals surface area contributed by atoms with Crippen LogP contribution in [0.1, 0.15) is 25.3 Å². The molecule has 0 aliphatic carbocycles. The minimum atomic E-state index is 0.709. The third kappa shape index (κ3) is 4.58. The Labute approximate surface area is 105 Å². The highest BCUT2D eigenvalue weighted by Crippen LogP contribution is 2.26. The maximum Gasteiger partial charge on any atom is 0.0218 e. The maximum absolute atomic E-state index is 5.54. The van der Waals surface area contributed by atoms with E-state index in [9.17, 15) is 0 Å². The topological polar surface area (TPSA) is 26.0 Å². The monoisotopic (exact) mass is 287 g/mol. The molecule has 0 fully saturated rings. The first-order chi connectivity index (χ1) is 7.27. The molecule has 0 saturated carbocycles. The van der Waals surface area contributed by atoms with E-state index in [-0.39, 0.29) is 0 Å². The molecular weight excluding hydrogens is 270 g/mol. The van der Waals surface area contributed by atoms with Gasteiger partial charge in [-0.15, -0.1) is 11.8 Å². The number of hydrogen-bond donors (Lipinski definition) is 1. The fourth-order valence-electron chi connectivity index (χ4n) is 1.31. The van der Waals surface area contributed by atoms with E-state index in [0.29, 0.717) is 6.54 Å². The molecule has 0 aliphatic rings. The lowest BCUT2D eigenvalue weighted by molar-refractivity contribution is 0.896. The fourth-order valence-corrected chi connectivity index (χ4v) is 3.07. The van der Waals surface area contributed by atoms with Gasteiger partial charge >= 0.3 is 0 Å². The third-order valence-corrected chi connectivity index (χ3v) is 4.02. The molecule has 0 aromatic heterocycles. The van der Waals surface area contributed by atoms with Crippen LogP contribution in [0, 0.1) is 0 Å². The molecule has 3 heteroatoms. The first-order valence-electron chi connectivity index (χ1n) is 5.39. The number of halogens is 1. The average Bonchev–Trinajstić information content (AvgIpc) is 2.23. The molecule has 1 aromatic rings. The summed E-state index contributed by atoms with van der Waals surface area (Å²) in [5.41, 5.74) is 6.84. The van der Waals surface area contributed by atoms with E-state index >= 15 is 0 Å². The summed E-state index contributed by atoms with van der Waals surface area (Å²) in [6.45, 7) is 2.93. The van der Waals surface area contributed by atoms with Crippen molar-refractivity contribution in [1.29, 1.82) is 0 Å². The lowest BCUT2D eigenvalue weighted by Gasteiger charge is -2.06. The van der Waals surface area contributed by atoms with Crippen molar-refractivity contribution in [2.24, 2.45) is 5.73 Å². The van der Waals surface area contributed by atoms with Crippen LogP contribution >= 0.6 is 27.7 Å². The van der Waals surface area contributed by atoms with Crippen molar-refractivity contribution in [2.75, 3.05) is 12.3 Å². The molecule has 0 aliphatic heterocycles. The van der Waals surface area contributed by atoms with E-state index in [0.717, 1.165) is 6.42 Å². The zero-order valence-corrected chi connectivity index (χ0v) is 11.5. The van der Waals surface area contributed by atoms with E-state index in [4.69, 9.17) is 5.73 Å². The van der Waals surface area contributed by atoms with E-state index in [2.05, 4.69) is 41.1 Å². The summed E-state index contributed by atoms with van der Waals surface area (Å²) in [6, 6.07) is 6.56. The summed E-state index contributed by atoms with van der Waals surface area (Å²) in [4.78, 5) is 1.34. The SMILES string of the molecule is CCCCSc1ccc(CCN)c(Br)c1. The van der Waals surface area contributed by atoms with Crippen LogP contribution in [0.15, 0.2) is 27.6 Å². The quantitative estimate of drug-likeness (QED) is 0.635. The first-order valence-corrected chi connectivity index (χ1v) is 7.17. The third-order valence-electron chi connectivity index (χ3n) is 2.20. The second-order valence-corrected chi connectivity index (χ2v) is 5.52. The summed E-state index contributed by atoms with van der Waals surface area (Å²) in [6.07, 6.45) is 3.49. The average molecular weight is 288 g/mol. The summed E-state index contributed by atoms with van der Waals surface area (Å²) in [5, 5.41) is 0. The molecular formula is C12H18BrNS. The lowest BCUT2D eigenvalue weighted by atomic mass is 10.1. The van der Waals surface area contributed by atoms with Gasteiger partial charge in [0.25, 0.3) is 0 Å². The van der Waals surface area contributed by atoms with Gasteiger partial charge in [0.15, 0.2) is 0 Å². The van der Waals surface area contributed by atoms with Crippen molar-refractivity contribution in [3.05, 3.63) is 28.2 Å². The zero-order valence-electron chi connectivity index (χ0n) is 9.13. The summed E-state index contributed by atoms with van der Waals surface area (Å²) < 4.78 is 1.19. The fraction of sp³-hybridized carbons (Fsp3) is 0.500. The van der Waals surface area contributed by atoms with Crippen LogP contribution in [0.5, 0.6) is 0 Å². The Morgan fingerprint density at radius 1 is 1.40 bits per heavy atom. The summed E-state index contributed by atoms with van der Waals surface area (Å²) >= 11 is 5.51. The number of thioether (sulfide) groups is 1. The minimum absolute atomic E-state index is 0.709. The van der Waals surface area contributed by atoms with Crippen LogP contribution in [0.2, 0.25) is 0 Å². The Kier molecular flexibility index (Phi) is 6.37. The van der Waals surface area contributed by atoms with Crippen LogP contribution in [-0.2, 0) is 6.42 Å². The summed E-state index contributed by atoms with van der Waals surface area (Å²) in [7, 11) is 0. The second kappa shape index (κ2) is 7.31. The number of nitrogens with two attached hydrogens (primary N) is 1. The molecule has 0 saturated heterocycles. The lowest BCUT2D eigenvalue weighted by Crippen LogP contribution is -2.03. The molecule has 1 nitrogen and oxygen atoms in total. The predicted molar refractivity (Wildman–Crippen MR) is 72.5 cm³/mol. The van der Waals surface area contributed by atoms with Crippen LogP contribution in [0.4, 0.5) is 0 Å². The number of benzene rings is 1. The van der Waals surface area contributed by atoms with Gasteiger partial charge in [0.1, 0.15) is 0 Å². The van der Waals surface area contributed by atoms with Crippen molar-refractivity contribution < 1.29 is 0 Å². The van der Waals surface area contributed by atoms with Crippen LogP contribution in [-0.4, -0.2) is 12.3 Å². The van der Waals surface area contributed by atoms with Gasteiger partial charge in [0, 0.05) is 9.37 Å². The van der Waals surface area contributed by atoms with Crippen LogP contribution in [0.3, 0.4) is 0 Å². The largest absolute Gasteiger partial charge is 0.330 e. The Bertz CT molecular complexity index is 302. The molecule has 1 rings (SSSR count). The van der Waals surface area contributed by atoms with Crippen LogP contribution in [0.25, 0.3) is 0 Å². The number of rotatable bonds is 6. The van der Waals surface area contributed by atoms with Gasteiger partial charge in [0.05, 0.1) is 0 Å². The van der Waals surface area contributed by atoms with Gasteiger partial charge < -0.3 is 5.73 Å². The van der Waals surface area contributed by atoms with Crippen molar-refractivity contribution in [2.45, 2.75) is 31.1 Å². The first kappa shape index (κ1) is 13.1. The van der Waals surface area contributed by atoms with Crippen molar-refractivity contribution in [3.63, 3.8) is 0 Å². The van der Waals surface area contributed by atoms with Crippen molar-refractivity contribution in [3.8, 4) is 0 Å². The molecule has 0 heterocycles. The smallest absolute Gasteiger partial charge is 0.0218 e. The van der Waals surface area contributed by atoms with Gasteiger partial charge in [-0.05, 0) is 42.8 Å². The van der Waals surface area contributed by atoms with Gasteiger partial charge in [0.2, 0.25) is 0 Å². The molecule has 0 unspecified atom stereocenters. The summed E-state index contributed by atoms with van der Waals surface area (Å²) in [5.74, 6) is 1.21. The Balaban J connectivity index is 2.56. The highest BCUT2D eigenvalue weighted by Gasteiger charge is 2.01. The molecule has 84 valence electrons. The molecule has 2 N–H and O–H groups in total. The van der Waals surface area contributed by atoms with Gasteiger partial charge in [-0.2, -0.15) is 0 Å². The van der Waals surface area contributed by atoms with E-state index in [1.807, 2.05) is 11.8 Å². The molecule has 0 amide bonds. The highest BCUT2D eigenvalue weighted by molar-refractivity contribution is 9.10. The Morgan fingerprint density at radius 3 is 2.80 bits per heavy atom. The normalized spacial score (nSPS) is 10.6.